The molecule has 1 heterocycles. The van der Waals surface area contributed by atoms with Gasteiger partial charge in [0.05, 0.1) is 18.6 Å². The number of nitro groups is 1. The second kappa shape index (κ2) is 6.70. The van der Waals surface area contributed by atoms with Gasteiger partial charge in [-0.25, -0.2) is 0 Å². The van der Waals surface area contributed by atoms with Crippen LogP contribution in [-0.2, 0) is 6.54 Å². The molecule has 1 N–H and O–H groups in total. The molecule has 0 atom stereocenters. The lowest BCUT2D eigenvalue weighted by Crippen LogP contribution is -2.28. The van der Waals surface area contributed by atoms with Gasteiger partial charge in [-0.15, -0.1) is 0 Å². The van der Waals surface area contributed by atoms with E-state index >= 15 is 0 Å². The summed E-state index contributed by atoms with van der Waals surface area (Å²) in [4.78, 5) is 22.2. The summed E-state index contributed by atoms with van der Waals surface area (Å²) in [6.07, 6.45) is 2.50. The summed E-state index contributed by atoms with van der Waals surface area (Å²) in [5.41, 5.74) is 1.22. The Morgan fingerprint density at radius 1 is 1.50 bits per heavy atom. The van der Waals surface area contributed by atoms with Crippen molar-refractivity contribution in [2.45, 2.75) is 13.5 Å². The highest BCUT2D eigenvalue weighted by Crippen LogP contribution is 2.20. The molecular formula is C14H16N4O4. The smallest absolute Gasteiger partial charge is 0.306 e. The number of benzene rings is 1. The molecule has 0 spiro atoms. The van der Waals surface area contributed by atoms with Gasteiger partial charge in [0.15, 0.2) is 0 Å². The van der Waals surface area contributed by atoms with Crippen LogP contribution in [-0.4, -0.2) is 34.3 Å². The molecule has 0 fully saturated rings. The number of methoxy groups -OCH3 is 1. The van der Waals surface area contributed by atoms with Crippen molar-refractivity contribution in [1.82, 2.24) is 15.1 Å². The molecule has 22 heavy (non-hydrogen) atoms. The fourth-order valence-electron chi connectivity index (χ4n) is 2.03. The number of rotatable bonds is 6. The molecule has 0 aliphatic carbocycles. The Morgan fingerprint density at radius 3 is 2.91 bits per heavy atom. The number of hydrogen-bond acceptors (Lipinski definition) is 5. The van der Waals surface area contributed by atoms with Gasteiger partial charge in [0, 0.05) is 17.7 Å². The lowest BCUT2D eigenvalue weighted by Gasteiger charge is -2.10. The number of nitrogens with zero attached hydrogens (tertiary/aromatic N) is 3. The Balaban J connectivity index is 1.94. The standard InChI is InChI=1S/C14H16N4O4/c1-10-12(4-3-5-13(10)22-2)14(19)15-6-7-17-9-11(8-16-17)18(20)21/h3-5,8-9H,6-7H2,1-2H3,(H,15,19). The van der Waals surface area contributed by atoms with Crippen LogP contribution in [0.5, 0.6) is 5.75 Å². The molecule has 0 radical (unpaired) electrons. The quantitative estimate of drug-likeness (QED) is 0.644. The highest BCUT2D eigenvalue weighted by Gasteiger charge is 2.12. The van der Waals surface area contributed by atoms with Crippen LogP contribution in [0.1, 0.15) is 15.9 Å². The molecule has 1 aromatic carbocycles. The minimum atomic E-state index is -0.512. The van der Waals surface area contributed by atoms with Crippen molar-refractivity contribution in [3.63, 3.8) is 0 Å². The predicted molar refractivity (Wildman–Crippen MR) is 78.9 cm³/mol. The van der Waals surface area contributed by atoms with E-state index < -0.39 is 4.92 Å². The first-order chi connectivity index (χ1) is 10.5. The van der Waals surface area contributed by atoms with E-state index in [-0.39, 0.29) is 11.6 Å². The number of ether oxygens (including phenoxy) is 1. The second-order valence-electron chi connectivity index (χ2n) is 4.61. The number of carbonyl (C=O) groups excluding carboxylic acids is 1. The summed E-state index contributed by atoms with van der Waals surface area (Å²) >= 11 is 0. The minimum absolute atomic E-state index is 0.0741. The summed E-state index contributed by atoms with van der Waals surface area (Å²) in [6, 6.07) is 5.25. The summed E-state index contributed by atoms with van der Waals surface area (Å²) in [5, 5.41) is 17.2. The first-order valence-corrected chi connectivity index (χ1v) is 6.61. The molecule has 0 aliphatic rings. The maximum Gasteiger partial charge on any atom is 0.306 e. The van der Waals surface area contributed by atoms with Crippen LogP contribution in [0, 0.1) is 17.0 Å². The summed E-state index contributed by atoms with van der Waals surface area (Å²) in [5.74, 6) is 0.424. The molecule has 2 aromatic rings. The average molecular weight is 304 g/mol. The Hall–Kier alpha value is -2.90. The second-order valence-corrected chi connectivity index (χ2v) is 4.61. The first-order valence-electron chi connectivity index (χ1n) is 6.61. The Kier molecular flexibility index (Phi) is 4.72. The molecule has 0 bridgehead atoms. The van der Waals surface area contributed by atoms with E-state index in [1.54, 1.807) is 25.3 Å². The lowest BCUT2D eigenvalue weighted by atomic mass is 10.1. The zero-order valence-corrected chi connectivity index (χ0v) is 12.3. The Morgan fingerprint density at radius 2 is 2.27 bits per heavy atom. The molecule has 0 saturated heterocycles. The third kappa shape index (κ3) is 3.40. The van der Waals surface area contributed by atoms with Gasteiger partial charge in [-0.3, -0.25) is 19.6 Å². The Labute approximate surface area is 126 Å². The SMILES string of the molecule is COc1cccc(C(=O)NCCn2cc([N+](=O)[O-])cn2)c1C. The Bertz CT molecular complexity index is 696. The summed E-state index contributed by atoms with van der Waals surface area (Å²) < 4.78 is 6.59. The van der Waals surface area contributed by atoms with E-state index in [0.29, 0.717) is 24.4 Å². The third-order valence-electron chi connectivity index (χ3n) is 3.21. The molecule has 1 amide bonds. The highest BCUT2D eigenvalue weighted by atomic mass is 16.6. The van der Waals surface area contributed by atoms with Crippen molar-refractivity contribution < 1.29 is 14.5 Å². The van der Waals surface area contributed by atoms with E-state index in [9.17, 15) is 14.9 Å². The minimum Gasteiger partial charge on any atom is -0.496 e. The van der Waals surface area contributed by atoms with Crippen LogP contribution in [0.3, 0.4) is 0 Å². The normalized spacial score (nSPS) is 10.3. The monoisotopic (exact) mass is 304 g/mol. The van der Waals surface area contributed by atoms with Gasteiger partial charge in [0.2, 0.25) is 0 Å². The van der Waals surface area contributed by atoms with Crippen LogP contribution in [0.15, 0.2) is 30.6 Å². The number of hydrogen-bond donors (Lipinski definition) is 1. The van der Waals surface area contributed by atoms with Crippen molar-refractivity contribution in [2.75, 3.05) is 13.7 Å². The molecule has 0 saturated carbocycles. The van der Waals surface area contributed by atoms with Gasteiger partial charge in [0.1, 0.15) is 18.1 Å². The zero-order valence-electron chi connectivity index (χ0n) is 12.3. The zero-order chi connectivity index (χ0) is 16.1. The predicted octanol–water partition coefficient (Wildman–Crippen LogP) is 1.54. The van der Waals surface area contributed by atoms with Gasteiger partial charge in [-0.1, -0.05) is 6.07 Å². The van der Waals surface area contributed by atoms with E-state index in [1.807, 2.05) is 6.92 Å². The molecule has 8 heteroatoms. The first kappa shape index (κ1) is 15.5. The van der Waals surface area contributed by atoms with Crippen LogP contribution in [0.25, 0.3) is 0 Å². The summed E-state index contributed by atoms with van der Waals surface area (Å²) in [6.45, 7) is 2.47. The average Bonchev–Trinajstić information content (AvgIpc) is 2.96. The summed E-state index contributed by atoms with van der Waals surface area (Å²) in [7, 11) is 1.55. The molecule has 0 unspecified atom stereocenters. The van der Waals surface area contributed by atoms with Crippen molar-refractivity contribution >= 4 is 11.6 Å². The maximum absolute atomic E-state index is 12.1. The topological polar surface area (TPSA) is 99.3 Å². The van der Waals surface area contributed by atoms with Gasteiger partial charge < -0.3 is 10.1 Å². The number of amides is 1. The molecule has 0 aliphatic heterocycles. The van der Waals surface area contributed by atoms with E-state index in [4.69, 9.17) is 4.74 Å². The molecular weight excluding hydrogens is 288 g/mol. The van der Waals surface area contributed by atoms with Crippen molar-refractivity contribution in [2.24, 2.45) is 0 Å². The van der Waals surface area contributed by atoms with Gasteiger partial charge in [0.25, 0.3) is 5.91 Å². The number of aromatic nitrogens is 2. The molecule has 116 valence electrons. The lowest BCUT2D eigenvalue weighted by molar-refractivity contribution is -0.385. The van der Waals surface area contributed by atoms with Gasteiger partial charge in [-0.05, 0) is 19.1 Å². The van der Waals surface area contributed by atoms with Crippen LogP contribution >= 0.6 is 0 Å². The van der Waals surface area contributed by atoms with Gasteiger partial charge >= 0.3 is 5.69 Å². The van der Waals surface area contributed by atoms with Crippen LogP contribution in [0.2, 0.25) is 0 Å². The van der Waals surface area contributed by atoms with Crippen LogP contribution < -0.4 is 10.1 Å². The van der Waals surface area contributed by atoms with E-state index in [2.05, 4.69) is 10.4 Å². The molecule has 2 rings (SSSR count). The largest absolute Gasteiger partial charge is 0.496 e. The van der Waals surface area contributed by atoms with Crippen LogP contribution in [0.4, 0.5) is 5.69 Å². The van der Waals surface area contributed by atoms with E-state index in [1.165, 1.54) is 17.1 Å². The maximum atomic E-state index is 12.1. The highest BCUT2D eigenvalue weighted by molar-refractivity contribution is 5.96. The molecule has 1 aromatic heterocycles. The number of carbonyl (C=O) groups is 1. The fraction of sp³-hybridized carbons (Fsp3) is 0.286. The van der Waals surface area contributed by atoms with E-state index in [0.717, 1.165) is 5.56 Å². The third-order valence-corrected chi connectivity index (χ3v) is 3.21. The fourth-order valence-corrected chi connectivity index (χ4v) is 2.03. The van der Waals surface area contributed by atoms with Crippen molar-refractivity contribution in [3.05, 3.63) is 51.8 Å². The van der Waals surface area contributed by atoms with Gasteiger partial charge in [-0.2, -0.15) is 5.10 Å². The van der Waals surface area contributed by atoms with Crippen molar-refractivity contribution in [1.29, 1.82) is 0 Å². The molecule has 8 nitrogen and oxygen atoms in total. The number of nitrogens with one attached hydrogen (secondary N) is 1. The van der Waals surface area contributed by atoms with Crippen molar-refractivity contribution in [3.8, 4) is 5.75 Å².